The van der Waals surface area contributed by atoms with Crippen LogP contribution < -0.4 is 0 Å². The minimum Gasteiger partial charge on any atom is -0.300 e. The van der Waals surface area contributed by atoms with E-state index in [-0.39, 0.29) is 11.2 Å². The van der Waals surface area contributed by atoms with Crippen LogP contribution in [0.3, 0.4) is 0 Å². The fourth-order valence-electron chi connectivity index (χ4n) is 6.26. The number of allylic oxidation sites excluding steroid dienone is 1. The number of benzene rings is 1. The van der Waals surface area contributed by atoms with E-state index in [1.54, 1.807) is 5.57 Å². The summed E-state index contributed by atoms with van der Waals surface area (Å²) in [5.74, 6) is 0.519. The Balaban J connectivity index is 1.57. The van der Waals surface area contributed by atoms with Gasteiger partial charge in [0.2, 0.25) is 0 Å². The summed E-state index contributed by atoms with van der Waals surface area (Å²) in [6, 6.07) is 7.36. The normalized spacial score (nSPS) is 23.2. The van der Waals surface area contributed by atoms with Gasteiger partial charge in [-0.1, -0.05) is 39.7 Å². The third kappa shape index (κ3) is 4.44. The van der Waals surface area contributed by atoms with Crippen molar-refractivity contribution in [3.05, 3.63) is 53.1 Å². The number of halogens is 1. The molecule has 0 N–H and O–H groups in total. The average molecular weight is 438 g/mol. The monoisotopic (exact) mass is 437 g/mol. The average Bonchev–Trinajstić information content (AvgIpc) is 3.32. The summed E-state index contributed by atoms with van der Waals surface area (Å²) in [5, 5.41) is 4.69. The van der Waals surface area contributed by atoms with Gasteiger partial charge in [0.25, 0.3) is 0 Å². The largest absolute Gasteiger partial charge is 0.300 e. The molecule has 2 aliphatic rings. The fourth-order valence-corrected chi connectivity index (χ4v) is 6.26. The zero-order valence-corrected chi connectivity index (χ0v) is 20.4. The Morgan fingerprint density at radius 1 is 1.12 bits per heavy atom. The Labute approximate surface area is 193 Å². The molecule has 2 aliphatic carbocycles. The zero-order chi connectivity index (χ0) is 22.7. The second kappa shape index (κ2) is 9.91. The van der Waals surface area contributed by atoms with Gasteiger partial charge in [-0.3, -0.25) is 0 Å². The summed E-state index contributed by atoms with van der Waals surface area (Å²) in [5.41, 5.74) is 5.28. The predicted octanol–water partition coefficient (Wildman–Crippen LogP) is 7.05. The lowest BCUT2D eigenvalue weighted by molar-refractivity contribution is 0.129. The second-order valence-corrected chi connectivity index (χ2v) is 10.2. The van der Waals surface area contributed by atoms with E-state index in [2.05, 4.69) is 43.8 Å². The fraction of sp³-hybridized carbons (Fsp3) is 0.607. The topological polar surface area (TPSA) is 21.1 Å². The van der Waals surface area contributed by atoms with Crippen LogP contribution in [0.2, 0.25) is 0 Å². The first kappa shape index (κ1) is 23.2. The molecule has 0 bridgehead atoms. The molecule has 3 atom stereocenters. The SMILES string of the molecule is CCCC(C[C@H]1CCC2=Cc3c(cnn3-c3ccc(F)cc3)C[C@@]21C)N(CCC)CCC. The lowest BCUT2D eigenvalue weighted by Gasteiger charge is -2.40. The molecule has 1 fully saturated rings. The quantitative estimate of drug-likeness (QED) is 0.397. The smallest absolute Gasteiger partial charge is 0.123 e. The molecule has 4 heteroatoms. The van der Waals surface area contributed by atoms with E-state index in [0.29, 0.717) is 6.04 Å². The van der Waals surface area contributed by atoms with E-state index in [4.69, 9.17) is 0 Å². The first-order valence-corrected chi connectivity index (χ1v) is 12.8. The Bertz CT molecular complexity index is 923. The maximum absolute atomic E-state index is 13.4. The Hall–Kier alpha value is -1.94. The van der Waals surface area contributed by atoms with Crippen LogP contribution in [0.4, 0.5) is 4.39 Å². The number of aromatic nitrogens is 2. The van der Waals surface area contributed by atoms with Gasteiger partial charge in [-0.2, -0.15) is 5.10 Å². The number of nitrogens with zero attached hydrogens (tertiary/aromatic N) is 3. The number of fused-ring (bicyclic) bond motifs is 2. The van der Waals surface area contributed by atoms with Crippen molar-refractivity contribution >= 4 is 6.08 Å². The highest BCUT2D eigenvalue weighted by atomic mass is 19.1. The van der Waals surface area contributed by atoms with Gasteiger partial charge in [-0.05, 0) is 105 Å². The molecule has 0 aliphatic heterocycles. The molecule has 2 aromatic rings. The Morgan fingerprint density at radius 3 is 2.50 bits per heavy atom. The first-order chi connectivity index (χ1) is 15.5. The van der Waals surface area contributed by atoms with Crippen LogP contribution in [0.1, 0.15) is 83.9 Å². The van der Waals surface area contributed by atoms with Crippen molar-refractivity contribution in [2.24, 2.45) is 11.3 Å². The summed E-state index contributed by atoms with van der Waals surface area (Å²) in [6.45, 7) is 11.9. The van der Waals surface area contributed by atoms with Crippen LogP contribution in [0.5, 0.6) is 0 Å². The van der Waals surface area contributed by atoms with Gasteiger partial charge >= 0.3 is 0 Å². The number of rotatable bonds is 10. The van der Waals surface area contributed by atoms with Gasteiger partial charge in [-0.25, -0.2) is 9.07 Å². The highest BCUT2D eigenvalue weighted by Gasteiger charge is 2.46. The zero-order valence-electron chi connectivity index (χ0n) is 20.4. The Kier molecular flexibility index (Phi) is 7.19. The van der Waals surface area contributed by atoms with E-state index in [0.717, 1.165) is 18.0 Å². The maximum Gasteiger partial charge on any atom is 0.123 e. The van der Waals surface area contributed by atoms with Crippen molar-refractivity contribution in [1.82, 2.24) is 14.7 Å². The van der Waals surface area contributed by atoms with Gasteiger partial charge in [0, 0.05) is 6.04 Å². The summed E-state index contributed by atoms with van der Waals surface area (Å²) in [6.07, 6.45) is 14.3. The molecule has 0 amide bonds. The molecular weight excluding hydrogens is 397 g/mol. The van der Waals surface area contributed by atoms with Gasteiger partial charge in [0.1, 0.15) is 5.82 Å². The van der Waals surface area contributed by atoms with E-state index in [1.807, 2.05) is 23.0 Å². The van der Waals surface area contributed by atoms with Gasteiger partial charge in [0.15, 0.2) is 0 Å². The van der Waals surface area contributed by atoms with E-state index < -0.39 is 0 Å². The molecule has 32 heavy (non-hydrogen) atoms. The maximum atomic E-state index is 13.4. The minimum atomic E-state index is -0.207. The first-order valence-electron chi connectivity index (χ1n) is 12.8. The molecule has 3 nitrogen and oxygen atoms in total. The molecule has 1 unspecified atom stereocenters. The van der Waals surface area contributed by atoms with Crippen molar-refractivity contribution in [3.8, 4) is 5.69 Å². The molecular formula is C28H40FN3. The van der Waals surface area contributed by atoms with Crippen molar-refractivity contribution in [1.29, 1.82) is 0 Å². The van der Waals surface area contributed by atoms with Crippen molar-refractivity contribution in [2.75, 3.05) is 13.1 Å². The van der Waals surface area contributed by atoms with Gasteiger partial charge in [-0.15, -0.1) is 0 Å². The standard InChI is InChI=1S/C28H40FN3/c1-5-8-26(31(15-6-2)16-7-3)17-22-9-10-23-18-27-21(19-28(22,23)4)20-30-32(27)25-13-11-24(29)12-14-25/h11-14,18,20,22,26H,5-10,15-17,19H2,1-4H3/t22-,26?,28-/m1/s1. The molecule has 1 heterocycles. The highest BCUT2D eigenvalue weighted by molar-refractivity contribution is 5.61. The van der Waals surface area contributed by atoms with Crippen molar-refractivity contribution in [3.63, 3.8) is 0 Å². The minimum absolute atomic E-state index is 0.207. The lowest BCUT2D eigenvalue weighted by atomic mass is 9.68. The van der Waals surface area contributed by atoms with Gasteiger partial charge in [0.05, 0.1) is 17.6 Å². The molecule has 0 spiro atoms. The van der Waals surface area contributed by atoms with Crippen LogP contribution in [0, 0.1) is 17.2 Å². The third-order valence-electron chi connectivity index (χ3n) is 7.94. The highest BCUT2D eigenvalue weighted by Crippen LogP contribution is 2.55. The third-order valence-corrected chi connectivity index (χ3v) is 7.94. The summed E-state index contributed by atoms with van der Waals surface area (Å²) in [7, 11) is 0. The summed E-state index contributed by atoms with van der Waals surface area (Å²) < 4.78 is 15.4. The predicted molar refractivity (Wildman–Crippen MR) is 132 cm³/mol. The van der Waals surface area contributed by atoms with Gasteiger partial charge < -0.3 is 4.90 Å². The molecule has 174 valence electrons. The molecule has 1 saturated carbocycles. The van der Waals surface area contributed by atoms with Crippen LogP contribution in [0.25, 0.3) is 11.8 Å². The molecule has 0 radical (unpaired) electrons. The van der Waals surface area contributed by atoms with Crippen LogP contribution in [0.15, 0.2) is 36.0 Å². The van der Waals surface area contributed by atoms with E-state index >= 15 is 0 Å². The van der Waals surface area contributed by atoms with Crippen LogP contribution in [-0.2, 0) is 6.42 Å². The second-order valence-electron chi connectivity index (χ2n) is 10.2. The number of hydrogen-bond donors (Lipinski definition) is 0. The number of hydrogen-bond acceptors (Lipinski definition) is 2. The molecule has 1 aromatic carbocycles. The summed E-state index contributed by atoms with van der Waals surface area (Å²) in [4.78, 5) is 2.77. The molecule has 4 rings (SSSR count). The van der Waals surface area contributed by atoms with Crippen LogP contribution >= 0.6 is 0 Å². The van der Waals surface area contributed by atoms with Crippen molar-refractivity contribution in [2.45, 2.75) is 85.1 Å². The summed E-state index contributed by atoms with van der Waals surface area (Å²) >= 11 is 0. The lowest BCUT2D eigenvalue weighted by Crippen LogP contribution is -2.40. The van der Waals surface area contributed by atoms with E-state index in [9.17, 15) is 4.39 Å². The Morgan fingerprint density at radius 2 is 1.84 bits per heavy atom. The molecule has 1 aromatic heterocycles. The van der Waals surface area contributed by atoms with E-state index in [1.165, 1.54) is 81.4 Å². The van der Waals surface area contributed by atoms with Crippen molar-refractivity contribution < 1.29 is 4.39 Å². The molecule has 0 saturated heterocycles. The van der Waals surface area contributed by atoms with Crippen LogP contribution in [-0.4, -0.2) is 33.8 Å².